The number of nitrogens with one attached hydrogen (secondary N) is 2. The molecule has 4 N–H and O–H groups in total. The summed E-state index contributed by atoms with van der Waals surface area (Å²) in [6.07, 6.45) is 0.738. The molecule has 0 aromatic heterocycles. The summed E-state index contributed by atoms with van der Waals surface area (Å²) >= 11 is 0. The van der Waals surface area contributed by atoms with Crippen molar-refractivity contribution in [3.05, 3.63) is 35.9 Å². The van der Waals surface area contributed by atoms with Crippen molar-refractivity contribution in [1.29, 1.82) is 0 Å². The lowest BCUT2D eigenvalue weighted by Gasteiger charge is -2.11. The van der Waals surface area contributed by atoms with E-state index in [1.165, 1.54) is 6.55 Å². The molecule has 1 amide bonds. The van der Waals surface area contributed by atoms with Crippen LogP contribution in [0.15, 0.2) is 30.3 Å². The van der Waals surface area contributed by atoms with Gasteiger partial charge in [0.25, 0.3) is 5.91 Å². The Kier molecular flexibility index (Phi) is 6.72. The van der Waals surface area contributed by atoms with Gasteiger partial charge in [0, 0.05) is 18.7 Å². The average molecular weight is 282 g/mol. The van der Waals surface area contributed by atoms with Gasteiger partial charge in [-0.1, -0.05) is 18.2 Å². The Labute approximate surface area is 114 Å². The summed E-state index contributed by atoms with van der Waals surface area (Å²) in [4.78, 5) is 30.1. The van der Waals surface area contributed by atoms with E-state index in [4.69, 9.17) is 0 Å². The molecule has 1 aromatic carbocycles. The fourth-order valence-electron chi connectivity index (χ4n) is 1.63. The predicted octanol–water partition coefficient (Wildman–Crippen LogP) is 0.453. The van der Waals surface area contributed by atoms with E-state index in [0.29, 0.717) is 24.7 Å². The molecule has 0 aliphatic heterocycles. The lowest BCUT2D eigenvalue weighted by molar-refractivity contribution is 0.0954. The number of carbonyl (C=O) groups excluding carboxylic acids is 1. The summed E-state index contributed by atoms with van der Waals surface area (Å²) in [6, 6.07) is 9.55. The summed E-state index contributed by atoms with van der Waals surface area (Å²) in [7, 11) is -2.90. The average Bonchev–Trinajstić information content (AvgIpc) is 2.37. The third-order valence-electron chi connectivity index (χ3n) is 2.63. The Balaban J connectivity index is 2.04. The van der Waals surface area contributed by atoms with Crippen molar-refractivity contribution in [3.63, 3.8) is 0 Å². The maximum atomic E-state index is 11.7. The Morgan fingerprint density at radius 1 is 1.16 bits per heavy atom. The van der Waals surface area contributed by atoms with Crippen LogP contribution in [0, 0.1) is 0 Å². The molecular weight excluding hydrogens is 260 g/mol. The van der Waals surface area contributed by atoms with E-state index in [2.05, 4.69) is 10.6 Å². The zero-order chi connectivity index (χ0) is 14.1. The van der Waals surface area contributed by atoms with Crippen molar-refractivity contribution in [3.8, 4) is 0 Å². The molecule has 0 fully saturated rings. The van der Waals surface area contributed by atoms with Gasteiger partial charge in [-0.25, -0.2) is 0 Å². The van der Waals surface area contributed by atoms with Crippen LogP contribution in [0.3, 0.4) is 0 Å². The molecule has 0 aliphatic carbocycles. The number of hydrogen-bond acceptors (Lipinski definition) is 4. The summed E-state index contributed by atoms with van der Waals surface area (Å²) < 4.78 is 0. The van der Waals surface area contributed by atoms with Gasteiger partial charge in [-0.2, -0.15) is 0 Å². The number of hydrogen-bond donors (Lipinski definition) is 4. The van der Waals surface area contributed by atoms with Crippen molar-refractivity contribution in [2.45, 2.75) is 19.0 Å². The second-order valence-electron chi connectivity index (χ2n) is 4.69. The molecule has 0 aliphatic rings. The zero-order valence-electron chi connectivity index (χ0n) is 11.2. The lowest BCUT2D eigenvalue weighted by atomic mass is 10.2. The molecule has 0 atom stereocenters. The van der Waals surface area contributed by atoms with Gasteiger partial charge in [0.2, 0.25) is 0 Å². The van der Waals surface area contributed by atoms with E-state index >= 15 is 0 Å². The first-order valence-electron chi connectivity index (χ1n) is 6.48. The van der Waals surface area contributed by atoms with E-state index in [1.807, 2.05) is 18.2 Å². The van der Waals surface area contributed by atoms with Crippen LogP contribution in [-0.4, -0.2) is 43.7 Å². The second-order valence-corrected chi connectivity index (χ2v) is 7.63. The van der Waals surface area contributed by atoms with Gasteiger partial charge >= 0.3 is 8.56 Å². The molecule has 0 radical (unpaired) electrons. The molecule has 0 saturated carbocycles. The number of carbonyl (C=O) groups is 1. The van der Waals surface area contributed by atoms with Gasteiger partial charge in [0.15, 0.2) is 0 Å². The maximum Gasteiger partial charge on any atom is 0.329 e. The highest BCUT2D eigenvalue weighted by atomic mass is 28.4. The summed E-state index contributed by atoms with van der Waals surface area (Å²) in [6.45, 7) is 3.46. The summed E-state index contributed by atoms with van der Waals surface area (Å²) in [5, 5.41) is 5.96. The van der Waals surface area contributed by atoms with Crippen LogP contribution < -0.4 is 10.6 Å². The Morgan fingerprint density at radius 2 is 1.84 bits per heavy atom. The van der Waals surface area contributed by atoms with Crippen LogP contribution in [0.5, 0.6) is 0 Å². The van der Waals surface area contributed by atoms with Crippen LogP contribution in [0.2, 0.25) is 12.6 Å². The van der Waals surface area contributed by atoms with Crippen molar-refractivity contribution >= 4 is 14.5 Å². The maximum absolute atomic E-state index is 11.7. The van der Waals surface area contributed by atoms with Gasteiger partial charge in [0.1, 0.15) is 0 Å². The zero-order valence-corrected chi connectivity index (χ0v) is 12.2. The van der Waals surface area contributed by atoms with Crippen LogP contribution in [-0.2, 0) is 0 Å². The molecule has 0 unspecified atom stereocenters. The molecule has 19 heavy (non-hydrogen) atoms. The summed E-state index contributed by atoms with van der Waals surface area (Å²) in [5.74, 6) is -0.0758. The number of benzene rings is 1. The molecule has 1 aromatic rings. The topological polar surface area (TPSA) is 81.6 Å². The van der Waals surface area contributed by atoms with E-state index in [-0.39, 0.29) is 5.91 Å². The lowest BCUT2D eigenvalue weighted by Crippen LogP contribution is -2.34. The van der Waals surface area contributed by atoms with Crippen molar-refractivity contribution in [2.24, 2.45) is 0 Å². The van der Waals surface area contributed by atoms with Crippen LogP contribution >= 0.6 is 0 Å². The minimum atomic E-state index is -2.90. The van der Waals surface area contributed by atoms with Gasteiger partial charge in [-0.05, 0) is 37.7 Å². The third kappa shape index (κ3) is 7.73. The van der Waals surface area contributed by atoms with Crippen LogP contribution in [0.25, 0.3) is 0 Å². The van der Waals surface area contributed by atoms with Crippen molar-refractivity contribution in [2.75, 3.05) is 19.6 Å². The first kappa shape index (κ1) is 15.8. The van der Waals surface area contributed by atoms with Crippen LogP contribution in [0.1, 0.15) is 16.8 Å². The predicted molar refractivity (Wildman–Crippen MR) is 77.1 cm³/mol. The van der Waals surface area contributed by atoms with E-state index in [9.17, 15) is 14.4 Å². The highest BCUT2D eigenvalue weighted by Crippen LogP contribution is 2.02. The van der Waals surface area contributed by atoms with E-state index in [1.54, 1.807) is 12.1 Å². The van der Waals surface area contributed by atoms with Gasteiger partial charge < -0.3 is 20.2 Å². The highest BCUT2D eigenvalue weighted by molar-refractivity contribution is 6.63. The smallest absolute Gasteiger partial charge is 0.329 e. The molecule has 0 saturated heterocycles. The quantitative estimate of drug-likeness (QED) is 0.412. The van der Waals surface area contributed by atoms with E-state index in [0.717, 1.165) is 13.0 Å². The molecule has 1 rings (SSSR count). The SMILES string of the molecule is C[Si](O)(O)CCCNCCNC(=O)c1ccccc1. The Bertz CT molecular complexity index is 379. The monoisotopic (exact) mass is 282 g/mol. The molecule has 0 spiro atoms. The van der Waals surface area contributed by atoms with E-state index < -0.39 is 8.56 Å². The van der Waals surface area contributed by atoms with Crippen molar-refractivity contribution in [1.82, 2.24) is 10.6 Å². The third-order valence-corrected chi connectivity index (χ3v) is 3.93. The van der Waals surface area contributed by atoms with Gasteiger partial charge in [0.05, 0.1) is 0 Å². The Morgan fingerprint density at radius 3 is 2.47 bits per heavy atom. The molecule has 6 heteroatoms. The molecule has 5 nitrogen and oxygen atoms in total. The second kappa shape index (κ2) is 8.06. The fraction of sp³-hybridized carbons (Fsp3) is 0.462. The molecule has 0 heterocycles. The highest BCUT2D eigenvalue weighted by Gasteiger charge is 2.19. The van der Waals surface area contributed by atoms with Gasteiger partial charge in [-0.15, -0.1) is 0 Å². The minimum absolute atomic E-state index is 0.0758. The minimum Gasteiger partial charge on any atom is -0.411 e. The summed E-state index contributed by atoms with van der Waals surface area (Å²) in [5.41, 5.74) is 0.657. The Hall–Kier alpha value is -1.21. The van der Waals surface area contributed by atoms with Crippen molar-refractivity contribution < 1.29 is 14.4 Å². The molecule has 106 valence electrons. The van der Waals surface area contributed by atoms with Gasteiger partial charge in [-0.3, -0.25) is 4.79 Å². The standard InChI is InChI=1S/C13H22N2O3Si/c1-19(17,18)11-5-8-14-9-10-15-13(16)12-6-3-2-4-7-12/h2-4,6-7,14,17-18H,5,8-11H2,1H3,(H,15,16). The first-order valence-corrected chi connectivity index (χ1v) is 9.08. The number of rotatable bonds is 8. The molecule has 0 bridgehead atoms. The normalized spacial score (nSPS) is 11.3. The number of amides is 1. The molecular formula is C13H22N2O3Si. The van der Waals surface area contributed by atoms with Crippen LogP contribution in [0.4, 0.5) is 0 Å². The first-order chi connectivity index (χ1) is 8.99. The fourth-order valence-corrected chi connectivity index (χ4v) is 2.48. The largest absolute Gasteiger partial charge is 0.411 e.